The number of anilines is 1. The largest absolute Gasteiger partial charge is 0.496 e. The molecule has 5 nitrogen and oxygen atoms in total. The number of rotatable bonds is 4. The van der Waals surface area contributed by atoms with Gasteiger partial charge in [0.15, 0.2) is 0 Å². The van der Waals surface area contributed by atoms with E-state index in [1.54, 1.807) is 37.4 Å². The molecule has 0 saturated carbocycles. The van der Waals surface area contributed by atoms with Crippen molar-refractivity contribution in [2.45, 2.75) is 11.8 Å². The molecule has 1 heterocycles. The molecule has 0 spiro atoms. The normalized spacial score (nSPS) is 15.9. The standard InChI is InChI=1S/C18H20ClFN2O3S/c1-13-11-15(4-6-18(13)25-2)26(23,24)22-9-7-21(8-10-22)14-3-5-17(20)16(19)12-14/h3-6,11-12H,7-10H2,1-2H3. The Morgan fingerprint density at radius 1 is 1.08 bits per heavy atom. The third-order valence-electron chi connectivity index (χ3n) is 4.51. The van der Waals surface area contributed by atoms with E-state index in [2.05, 4.69) is 0 Å². The van der Waals surface area contributed by atoms with Gasteiger partial charge < -0.3 is 9.64 Å². The lowest BCUT2D eigenvalue weighted by Gasteiger charge is -2.35. The first-order chi connectivity index (χ1) is 12.3. The molecule has 3 rings (SSSR count). The number of hydrogen-bond acceptors (Lipinski definition) is 4. The minimum absolute atomic E-state index is 0.0614. The van der Waals surface area contributed by atoms with E-state index in [1.165, 1.54) is 10.4 Å². The van der Waals surface area contributed by atoms with E-state index in [-0.39, 0.29) is 9.92 Å². The molecule has 2 aromatic carbocycles. The molecule has 0 radical (unpaired) electrons. The lowest BCUT2D eigenvalue weighted by atomic mass is 10.2. The van der Waals surface area contributed by atoms with Crippen molar-refractivity contribution in [2.24, 2.45) is 0 Å². The number of sulfonamides is 1. The van der Waals surface area contributed by atoms with E-state index in [4.69, 9.17) is 16.3 Å². The van der Waals surface area contributed by atoms with Gasteiger partial charge in [-0.05, 0) is 48.9 Å². The van der Waals surface area contributed by atoms with Crippen molar-refractivity contribution in [1.29, 1.82) is 0 Å². The van der Waals surface area contributed by atoms with E-state index in [0.29, 0.717) is 31.9 Å². The maximum absolute atomic E-state index is 13.3. The molecule has 1 saturated heterocycles. The number of halogens is 2. The summed E-state index contributed by atoms with van der Waals surface area (Å²) >= 11 is 5.84. The zero-order valence-corrected chi connectivity index (χ0v) is 16.1. The smallest absolute Gasteiger partial charge is 0.243 e. The van der Waals surface area contributed by atoms with Gasteiger partial charge in [0.2, 0.25) is 10.0 Å². The van der Waals surface area contributed by atoms with Crippen LogP contribution in [0.1, 0.15) is 5.56 Å². The average Bonchev–Trinajstić information content (AvgIpc) is 2.64. The van der Waals surface area contributed by atoms with Crippen LogP contribution in [-0.2, 0) is 10.0 Å². The van der Waals surface area contributed by atoms with Crippen molar-refractivity contribution in [3.05, 3.63) is 52.8 Å². The molecule has 0 N–H and O–H groups in total. The number of piperazine rings is 1. The zero-order valence-electron chi connectivity index (χ0n) is 14.6. The second-order valence-corrected chi connectivity index (χ2v) is 8.47. The van der Waals surface area contributed by atoms with Gasteiger partial charge in [-0.1, -0.05) is 11.6 Å². The number of hydrogen-bond donors (Lipinski definition) is 0. The molecular formula is C18H20ClFN2O3S. The number of methoxy groups -OCH3 is 1. The van der Waals surface area contributed by atoms with Crippen LogP contribution < -0.4 is 9.64 Å². The minimum Gasteiger partial charge on any atom is -0.496 e. The highest BCUT2D eigenvalue weighted by Crippen LogP contribution is 2.27. The van der Waals surface area contributed by atoms with E-state index in [0.717, 1.165) is 11.3 Å². The van der Waals surface area contributed by atoms with Gasteiger partial charge >= 0.3 is 0 Å². The van der Waals surface area contributed by atoms with Crippen LogP contribution in [0.2, 0.25) is 5.02 Å². The monoisotopic (exact) mass is 398 g/mol. The van der Waals surface area contributed by atoms with E-state index in [1.807, 2.05) is 11.8 Å². The molecule has 0 unspecified atom stereocenters. The van der Waals surface area contributed by atoms with Gasteiger partial charge in [-0.25, -0.2) is 12.8 Å². The van der Waals surface area contributed by atoms with Crippen molar-refractivity contribution in [3.63, 3.8) is 0 Å². The molecule has 2 aromatic rings. The summed E-state index contributed by atoms with van der Waals surface area (Å²) in [6.07, 6.45) is 0. The van der Waals surface area contributed by atoms with Crippen molar-refractivity contribution in [1.82, 2.24) is 4.31 Å². The number of benzene rings is 2. The molecular weight excluding hydrogens is 379 g/mol. The maximum Gasteiger partial charge on any atom is 0.243 e. The second-order valence-electron chi connectivity index (χ2n) is 6.12. The summed E-state index contributed by atoms with van der Waals surface area (Å²) in [7, 11) is -2.01. The molecule has 26 heavy (non-hydrogen) atoms. The van der Waals surface area contributed by atoms with Gasteiger partial charge in [-0.15, -0.1) is 0 Å². The maximum atomic E-state index is 13.3. The number of ether oxygens (including phenoxy) is 1. The predicted octanol–water partition coefficient (Wildman–Crippen LogP) is 3.31. The van der Waals surface area contributed by atoms with Gasteiger partial charge in [0.1, 0.15) is 11.6 Å². The van der Waals surface area contributed by atoms with Crippen LogP contribution in [0.25, 0.3) is 0 Å². The SMILES string of the molecule is COc1ccc(S(=O)(=O)N2CCN(c3ccc(F)c(Cl)c3)CC2)cc1C. The Balaban J connectivity index is 1.74. The first-order valence-electron chi connectivity index (χ1n) is 8.17. The highest BCUT2D eigenvalue weighted by Gasteiger charge is 2.29. The Morgan fingerprint density at radius 3 is 2.35 bits per heavy atom. The van der Waals surface area contributed by atoms with Gasteiger partial charge in [0.25, 0.3) is 0 Å². The second kappa shape index (κ2) is 7.42. The Morgan fingerprint density at radius 2 is 1.77 bits per heavy atom. The van der Waals surface area contributed by atoms with Crippen molar-refractivity contribution >= 4 is 27.3 Å². The summed E-state index contributed by atoms with van der Waals surface area (Å²) in [4.78, 5) is 2.26. The average molecular weight is 399 g/mol. The summed E-state index contributed by atoms with van der Waals surface area (Å²) in [6, 6.07) is 9.39. The highest BCUT2D eigenvalue weighted by molar-refractivity contribution is 7.89. The Bertz CT molecular complexity index is 913. The summed E-state index contributed by atoms with van der Waals surface area (Å²) in [5.41, 5.74) is 1.56. The quantitative estimate of drug-likeness (QED) is 0.792. The van der Waals surface area contributed by atoms with Gasteiger partial charge in [-0.2, -0.15) is 4.31 Å². The lowest BCUT2D eigenvalue weighted by Crippen LogP contribution is -2.48. The molecule has 1 fully saturated rings. The summed E-state index contributed by atoms with van der Waals surface area (Å²) in [5, 5.41) is 0.0614. The van der Waals surface area contributed by atoms with Crippen LogP contribution >= 0.6 is 11.6 Å². The van der Waals surface area contributed by atoms with Crippen LogP contribution in [0.3, 0.4) is 0 Å². The van der Waals surface area contributed by atoms with Crippen molar-refractivity contribution in [2.75, 3.05) is 38.2 Å². The molecule has 8 heteroatoms. The molecule has 0 atom stereocenters. The minimum atomic E-state index is -3.56. The van der Waals surface area contributed by atoms with Gasteiger partial charge in [0, 0.05) is 31.9 Å². The zero-order chi connectivity index (χ0) is 18.9. The molecule has 1 aliphatic rings. The first-order valence-corrected chi connectivity index (χ1v) is 9.99. The van der Waals surface area contributed by atoms with Crippen LogP contribution in [0.15, 0.2) is 41.3 Å². The Labute approximate surface area is 158 Å². The molecule has 0 aromatic heterocycles. The highest BCUT2D eigenvalue weighted by atomic mass is 35.5. The van der Waals surface area contributed by atoms with Crippen LogP contribution in [0.5, 0.6) is 5.75 Å². The summed E-state index contributed by atoms with van der Waals surface area (Å²) < 4.78 is 45.7. The third-order valence-corrected chi connectivity index (χ3v) is 6.70. The van der Waals surface area contributed by atoms with Gasteiger partial charge in [-0.3, -0.25) is 0 Å². The predicted molar refractivity (Wildman–Crippen MR) is 100 cm³/mol. The van der Waals surface area contributed by atoms with Crippen molar-refractivity contribution in [3.8, 4) is 5.75 Å². The number of nitrogens with zero attached hydrogens (tertiary/aromatic N) is 2. The van der Waals surface area contributed by atoms with Crippen molar-refractivity contribution < 1.29 is 17.5 Å². The van der Waals surface area contributed by atoms with E-state index < -0.39 is 15.8 Å². The fraction of sp³-hybridized carbons (Fsp3) is 0.333. The van der Waals surface area contributed by atoms with E-state index >= 15 is 0 Å². The fourth-order valence-electron chi connectivity index (χ4n) is 3.03. The Hall–Kier alpha value is -1.83. The molecule has 1 aliphatic heterocycles. The fourth-order valence-corrected chi connectivity index (χ4v) is 4.71. The number of aryl methyl sites for hydroxylation is 1. The Kier molecular flexibility index (Phi) is 5.41. The summed E-state index contributed by atoms with van der Waals surface area (Å²) in [6.45, 7) is 3.53. The first kappa shape index (κ1) is 18.9. The van der Waals surface area contributed by atoms with Crippen LogP contribution in [0.4, 0.5) is 10.1 Å². The molecule has 0 amide bonds. The third kappa shape index (κ3) is 3.65. The molecule has 0 bridgehead atoms. The molecule has 0 aliphatic carbocycles. The van der Waals surface area contributed by atoms with Crippen LogP contribution in [-0.4, -0.2) is 46.0 Å². The molecule has 140 valence electrons. The summed E-state index contributed by atoms with van der Waals surface area (Å²) in [5.74, 6) is 0.188. The topological polar surface area (TPSA) is 49.9 Å². The van der Waals surface area contributed by atoms with E-state index in [9.17, 15) is 12.8 Å². The lowest BCUT2D eigenvalue weighted by molar-refractivity contribution is 0.384. The van der Waals surface area contributed by atoms with Gasteiger partial charge in [0.05, 0.1) is 17.0 Å². The van der Waals surface area contributed by atoms with Crippen LogP contribution in [0, 0.1) is 12.7 Å².